The smallest absolute Gasteiger partial charge is 0.0798 e. The average Bonchev–Trinajstić information content (AvgIpc) is 3.57. The largest absolute Gasteiger partial charge is 0.305 e. The third kappa shape index (κ3) is 9.03. The molecule has 3 aromatic heterocycles. The summed E-state index contributed by atoms with van der Waals surface area (Å²) in [7, 11) is -1.35. The van der Waals surface area contributed by atoms with Gasteiger partial charge in [-0.2, -0.15) is 11.3 Å². The maximum absolute atomic E-state index is 4.75. The van der Waals surface area contributed by atoms with Gasteiger partial charge in [-0.05, 0) is 73.2 Å². The van der Waals surface area contributed by atoms with Crippen molar-refractivity contribution in [3.05, 3.63) is 163 Å². The summed E-state index contributed by atoms with van der Waals surface area (Å²) < 4.78 is 2.56. The summed E-state index contributed by atoms with van der Waals surface area (Å²) in [6.07, 6.45) is 5.17. The van der Waals surface area contributed by atoms with E-state index in [0.29, 0.717) is 11.8 Å². The fourth-order valence-corrected chi connectivity index (χ4v) is 10.2. The molecule has 0 aliphatic carbocycles. The van der Waals surface area contributed by atoms with Crippen LogP contribution in [0.2, 0.25) is 19.6 Å². The second-order valence-electron chi connectivity index (χ2n) is 16.3. The van der Waals surface area contributed by atoms with Gasteiger partial charge in [0.15, 0.2) is 0 Å². The Bertz CT molecular complexity index is 2570. The van der Waals surface area contributed by atoms with Crippen LogP contribution in [0.4, 0.5) is 0 Å². The van der Waals surface area contributed by atoms with Gasteiger partial charge in [0.2, 0.25) is 0 Å². The van der Waals surface area contributed by atoms with E-state index in [-0.39, 0.29) is 20.1 Å². The quantitative estimate of drug-likeness (QED) is 0.112. The zero-order valence-corrected chi connectivity index (χ0v) is 37.9. The minimum atomic E-state index is -1.35. The first-order chi connectivity index (χ1) is 26.5. The summed E-state index contributed by atoms with van der Waals surface area (Å²) in [6.45, 7) is 18.3. The van der Waals surface area contributed by atoms with Gasteiger partial charge < -0.3 is 9.97 Å². The van der Waals surface area contributed by atoms with E-state index < -0.39 is 8.07 Å². The van der Waals surface area contributed by atoms with E-state index in [1.54, 1.807) is 0 Å². The van der Waals surface area contributed by atoms with E-state index in [2.05, 4.69) is 176 Å². The maximum Gasteiger partial charge on any atom is 0.0798 e. The van der Waals surface area contributed by atoms with E-state index in [1.807, 2.05) is 35.7 Å². The van der Waals surface area contributed by atoms with Crippen molar-refractivity contribution in [2.45, 2.75) is 66.6 Å². The molecule has 8 rings (SSSR count). The Morgan fingerprint density at radius 2 is 1.32 bits per heavy atom. The molecule has 0 bridgehead atoms. The molecule has 285 valence electrons. The van der Waals surface area contributed by atoms with E-state index in [1.165, 1.54) is 64.3 Å². The fraction of sp³-hybridized carbons (Fsp3) is 0.216. The topological polar surface area (TPSA) is 25.8 Å². The molecule has 0 unspecified atom stereocenters. The van der Waals surface area contributed by atoms with Crippen LogP contribution < -0.4 is 5.19 Å². The number of hydrogen-bond acceptors (Lipinski definition) is 3. The molecule has 0 saturated heterocycles. The molecule has 0 fully saturated rings. The van der Waals surface area contributed by atoms with E-state index in [4.69, 9.17) is 9.97 Å². The monoisotopic (exact) mass is 943 g/mol. The SMILES string of the molecule is CC(C)c1ccnc(-c2[c-]ccc3c2sc2c(-c4ccc(-c5ccccc5)cc4)cccc23)c1.Cc1ccc[c-]c1-c1cc(CC(C)C)c([Si](C)(C)C)cn1.[Ir]. The summed E-state index contributed by atoms with van der Waals surface area (Å²) in [5.41, 5.74) is 13.3. The van der Waals surface area contributed by atoms with Gasteiger partial charge in [-0.3, -0.25) is 0 Å². The van der Waals surface area contributed by atoms with Crippen LogP contribution in [0.5, 0.6) is 0 Å². The van der Waals surface area contributed by atoms with Crippen LogP contribution in [-0.2, 0) is 26.5 Å². The van der Waals surface area contributed by atoms with E-state index >= 15 is 0 Å². The minimum absolute atomic E-state index is 0. The molecule has 0 saturated carbocycles. The molecule has 1 radical (unpaired) electrons. The first-order valence-corrected chi connectivity index (χ1v) is 23.7. The molecule has 0 aliphatic heterocycles. The molecule has 5 aromatic carbocycles. The number of aromatic nitrogens is 2. The predicted octanol–water partition coefficient (Wildman–Crippen LogP) is 14.0. The summed E-state index contributed by atoms with van der Waals surface area (Å²) in [6, 6.07) is 49.9. The molecule has 0 atom stereocenters. The third-order valence-electron chi connectivity index (χ3n) is 10.2. The van der Waals surface area contributed by atoms with Crippen LogP contribution in [0, 0.1) is 25.0 Å². The van der Waals surface area contributed by atoms with Crippen LogP contribution in [0.25, 0.3) is 64.9 Å². The number of thiophene rings is 1. The third-order valence-corrected chi connectivity index (χ3v) is 13.6. The molecule has 5 heteroatoms. The normalized spacial score (nSPS) is 11.5. The Hall–Kier alpha value is -4.51. The van der Waals surface area contributed by atoms with Gasteiger partial charge in [0.25, 0.3) is 0 Å². The predicted molar refractivity (Wildman–Crippen MR) is 241 cm³/mol. The van der Waals surface area contributed by atoms with Gasteiger partial charge >= 0.3 is 0 Å². The molecule has 2 nitrogen and oxygen atoms in total. The van der Waals surface area contributed by atoms with Crippen LogP contribution >= 0.6 is 11.3 Å². The number of aryl methyl sites for hydroxylation is 1. The first-order valence-electron chi connectivity index (χ1n) is 19.4. The van der Waals surface area contributed by atoms with Crippen LogP contribution in [0.3, 0.4) is 0 Å². The van der Waals surface area contributed by atoms with Crippen molar-refractivity contribution in [3.8, 4) is 44.8 Å². The van der Waals surface area contributed by atoms with Gasteiger partial charge in [-0.1, -0.05) is 156 Å². The van der Waals surface area contributed by atoms with Crippen molar-refractivity contribution in [2.75, 3.05) is 0 Å². The molecular formula is C51H50IrN2SSi-2. The Morgan fingerprint density at radius 1 is 0.643 bits per heavy atom. The van der Waals surface area contributed by atoms with Crippen molar-refractivity contribution >= 4 is 44.8 Å². The second kappa shape index (κ2) is 17.7. The Labute approximate surface area is 352 Å². The number of pyridine rings is 2. The second-order valence-corrected chi connectivity index (χ2v) is 22.3. The Balaban J connectivity index is 0.000000209. The first kappa shape index (κ1) is 41.1. The average molecular weight is 943 g/mol. The number of fused-ring (bicyclic) bond motifs is 3. The van der Waals surface area contributed by atoms with Crippen LogP contribution in [0.15, 0.2) is 134 Å². The number of benzene rings is 5. The number of nitrogens with zero attached hydrogens (tertiary/aromatic N) is 2. The number of hydrogen-bond donors (Lipinski definition) is 0. The minimum Gasteiger partial charge on any atom is -0.305 e. The molecule has 8 aromatic rings. The standard InChI is InChI=1S/C32H24NS.C19H26NSi.Ir/c1-21(2)25-18-19-33-30(20-25)29-13-7-12-28-27-11-6-10-26(31(27)34-32(28)29)24-16-14-23(15-17-24)22-8-4-3-5-9-22;1-14(2)11-16-12-18(17-10-8-7-9-15(17)3)20-13-19(16)21(4,5)6;/h3-12,14-21H,1-2H3;7-9,12-14H,11H2,1-6H3;/q2*-1;. The summed E-state index contributed by atoms with van der Waals surface area (Å²) in [4.78, 5) is 9.45. The zero-order valence-electron chi connectivity index (χ0n) is 33.7. The van der Waals surface area contributed by atoms with Crippen molar-refractivity contribution in [1.82, 2.24) is 9.97 Å². The summed E-state index contributed by atoms with van der Waals surface area (Å²) in [5, 5.41) is 4.06. The van der Waals surface area contributed by atoms with E-state index in [0.717, 1.165) is 28.9 Å². The van der Waals surface area contributed by atoms with Gasteiger partial charge in [-0.15, -0.1) is 59.2 Å². The maximum atomic E-state index is 4.75. The van der Waals surface area contributed by atoms with Crippen molar-refractivity contribution < 1.29 is 20.1 Å². The molecule has 56 heavy (non-hydrogen) atoms. The van der Waals surface area contributed by atoms with E-state index in [9.17, 15) is 0 Å². The molecule has 0 aliphatic rings. The van der Waals surface area contributed by atoms with Crippen molar-refractivity contribution in [2.24, 2.45) is 5.92 Å². The van der Waals surface area contributed by atoms with Gasteiger partial charge in [-0.25, -0.2) is 0 Å². The fourth-order valence-electron chi connectivity index (χ4n) is 7.31. The van der Waals surface area contributed by atoms with Gasteiger partial charge in [0, 0.05) is 37.2 Å². The van der Waals surface area contributed by atoms with Crippen molar-refractivity contribution in [1.29, 1.82) is 0 Å². The van der Waals surface area contributed by atoms with Gasteiger partial charge in [0.1, 0.15) is 0 Å². The molecule has 0 spiro atoms. The molecular weight excluding hydrogens is 893 g/mol. The zero-order chi connectivity index (χ0) is 38.7. The van der Waals surface area contributed by atoms with Crippen molar-refractivity contribution in [3.63, 3.8) is 0 Å². The molecule has 3 heterocycles. The molecule has 0 N–H and O–H groups in total. The Morgan fingerprint density at radius 3 is 2.02 bits per heavy atom. The van der Waals surface area contributed by atoms with Crippen LogP contribution in [0.1, 0.15) is 50.3 Å². The van der Waals surface area contributed by atoms with Crippen LogP contribution in [-0.4, -0.2) is 18.0 Å². The molecule has 0 amide bonds. The summed E-state index contributed by atoms with van der Waals surface area (Å²) >= 11 is 1.85. The summed E-state index contributed by atoms with van der Waals surface area (Å²) in [5.74, 6) is 1.13. The number of rotatable bonds is 8. The van der Waals surface area contributed by atoms with Gasteiger partial charge in [0.05, 0.1) is 8.07 Å². The Kier molecular flexibility index (Phi) is 13.0.